The Kier molecular flexibility index (Phi) is 6.76. The summed E-state index contributed by atoms with van der Waals surface area (Å²) in [5.41, 5.74) is 3.02. The lowest BCUT2D eigenvalue weighted by molar-refractivity contribution is -0.136. The maximum Gasteiger partial charge on any atom is 0.275 e. The Morgan fingerprint density at radius 2 is 1.94 bits per heavy atom. The summed E-state index contributed by atoms with van der Waals surface area (Å²) in [7, 11) is 0. The molecule has 5 rings (SSSR count). The van der Waals surface area contributed by atoms with Gasteiger partial charge in [-0.3, -0.25) is 9.59 Å². The number of halogens is 1. The monoisotopic (exact) mass is 491 g/mol. The summed E-state index contributed by atoms with van der Waals surface area (Å²) in [5, 5.41) is 0. The number of carbonyl (C=O) groups excluding carboxylic acids is 2. The zero-order chi connectivity index (χ0) is 25.2. The molecule has 0 radical (unpaired) electrons. The number of carbonyl (C=O) groups is 2. The second-order valence-corrected chi connectivity index (χ2v) is 9.67. The lowest BCUT2D eigenvalue weighted by Gasteiger charge is -2.39. The molecule has 2 aromatic carbocycles. The molecule has 3 heterocycles. The number of aromatic nitrogens is 1. The van der Waals surface area contributed by atoms with E-state index in [1.54, 1.807) is 11.0 Å². The van der Waals surface area contributed by atoms with Crippen molar-refractivity contribution >= 4 is 11.8 Å². The van der Waals surface area contributed by atoms with Crippen LogP contribution in [0.25, 0.3) is 0 Å². The highest BCUT2D eigenvalue weighted by Crippen LogP contribution is 2.38. The number of ether oxygens (including phenoxy) is 1. The van der Waals surface area contributed by atoms with Gasteiger partial charge in [-0.2, -0.15) is 0 Å². The molecule has 0 aliphatic carbocycles. The molecule has 1 unspecified atom stereocenters. The molecule has 1 fully saturated rings. The van der Waals surface area contributed by atoms with Crippen molar-refractivity contribution in [1.82, 2.24) is 14.8 Å². The Balaban J connectivity index is 1.38. The van der Waals surface area contributed by atoms with E-state index in [4.69, 9.17) is 9.15 Å². The van der Waals surface area contributed by atoms with Crippen LogP contribution in [0.1, 0.15) is 65.8 Å². The number of rotatable bonds is 6. The van der Waals surface area contributed by atoms with Crippen LogP contribution in [0, 0.1) is 11.7 Å². The molecule has 2 aliphatic rings. The van der Waals surface area contributed by atoms with Crippen molar-refractivity contribution in [3.8, 4) is 5.75 Å². The van der Waals surface area contributed by atoms with Crippen LogP contribution in [0.2, 0.25) is 0 Å². The third-order valence-electron chi connectivity index (χ3n) is 6.81. The van der Waals surface area contributed by atoms with Gasteiger partial charge in [-0.15, -0.1) is 0 Å². The van der Waals surface area contributed by atoms with Crippen LogP contribution in [-0.4, -0.2) is 46.2 Å². The van der Waals surface area contributed by atoms with Gasteiger partial charge in [0.1, 0.15) is 17.8 Å². The van der Waals surface area contributed by atoms with Crippen molar-refractivity contribution in [1.29, 1.82) is 0 Å². The van der Waals surface area contributed by atoms with Gasteiger partial charge in [0.05, 0.1) is 6.04 Å². The Morgan fingerprint density at radius 1 is 1.14 bits per heavy atom. The van der Waals surface area contributed by atoms with Crippen molar-refractivity contribution in [2.45, 2.75) is 45.8 Å². The molecule has 0 N–H and O–H groups in total. The fourth-order valence-electron chi connectivity index (χ4n) is 4.99. The molecule has 3 aromatic rings. The molecule has 188 valence electrons. The first-order valence-corrected chi connectivity index (χ1v) is 12.5. The second kappa shape index (κ2) is 10.1. The van der Waals surface area contributed by atoms with Crippen LogP contribution >= 0.6 is 0 Å². The summed E-state index contributed by atoms with van der Waals surface area (Å²) in [6.45, 7) is 5.87. The summed E-state index contributed by atoms with van der Waals surface area (Å²) in [4.78, 5) is 33.5. The third kappa shape index (κ3) is 4.85. The number of amides is 2. The molecule has 0 bridgehead atoms. The van der Waals surface area contributed by atoms with Crippen molar-refractivity contribution in [2.24, 2.45) is 5.92 Å². The molecule has 2 aliphatic heterocycles. The van der Waals surface area contributed by atoms with E-state index in [-0.39, 0.29) is 35.9 Å². The zero-order valence-corrected chi connectivity index (χ0v) is 20.6. The molecule has 1 saturated heterocycles. The van der Waals surface area contributed by atoms with E-state index in [1.165, 1.54) is 18.4 Å². The van der Waals surface area contributed by atoms with Gasteiger partial charge >= 0.3 is 0 Å². The number of hydrogen-bond donors (Lipinski definition) is 0. The smallest absolute Gasteiger partial charge is 0.275 e. The fourth-order valence-corrected chi connectivity index (χ4v) is 4.99. The molecule has 1 atom stereocenters. The van der Waals surface area contributed by atoms with Crippen molar-refractivity contribution < 1.29 is 23.1 Å². The summed E-state index contributed by atoms with van der Waals surface area (Å²) >= 11 is 0. The fraction of sp³-hybridized carbons (Fsp3) is 0.393. The Bertz CT molecular complexity index is 1270. The summed E-state index contributed by atoms with van der Waals surface area (Å²) in [5.74, 6) is 0.283. The van der Waals surface area contributed by atoms with Crippen LogP contribution in [0.4, 0.5) is 4.39 Å². The van der Waals surface area contributed by atoms with Crippen molar-refractivity contribution in [3.05, 3.63) is 82.8 Å². The van der Waals surface area contributed by atoms with E-state index in [1.807, 2.05) is 43.0 Å². The van der Waals surface area contributed by atoms with Gasteiger partial charge in [-0.1, -0.05) is 32.0 Å². The topological polar surface area (TPSA) is 75.9 Å². The number of hydrogen-bond acceptors (Lipinski definition) is 5. The first-order chi connectivity index (χ1) is 17.4. The molecule has 7 nitrogen and oxygen atoms in total. The van der Waals surface area contributed by atoms with E-state index < -0.39 is 6.04 Å². The van der Waals surface area contributed by atoms with Crippen LogP contribution in [0.5, 0.6) is 5.75 Å². The van der Waals surface area contributed by atoms with Gasteiger partial charge in [0.15, 0.2) is 12.3 Å². The first kappa shape index (κ1) is 24.0. The Labute approximate surface area is 209 Å². The first-order valence-electron chi connectivity index (χ1n) is 12.5. The van der Waals surface area contributed by atoms with E-state index in [0.717, 1.165) is 42.6 Å². The predicted octanol–water partition coefficient (Wildman–Crippen LogP) is 4.76. The quantitative estimate of drug-likeness (QED) is 0.497. The van der Waals surface area contributed by atoms with Gasteiger partial charge in [0.25, 0.3) is 5.91 Å². The van der Waals surface area contributed by atoms with Gasteiger partial charge in [0.2, 0.25) is 11.8 Å². The molecule has 0 saturated carbocycles. The number of fused-ring (bicyclic) bond motifs is 1. The minimum absolute atomic E-state index is 0.0243. The SMILES string of the molecule is CC(C)C(=O)N1CCc2ccc(OCc3nc(C(=O)N4CCCC4)co3)cc2C1c1cccc(F)c1. The van der Waals surface area contributed by atoms with Crippen LogP contribution in [0.15, 0.2) is 53.1 Å². The highest BCUT2D eigenvalue weighted by molar-refractivity contribution is 5.92. The predicted molar refractivity (Wildman–Crippen MR) is 131 cm³/mol. The van der Waals surface area contributed by atoms with Gasteiger partial charge in [-0.05, 0) is 60.2 Å². The third-order valence-corrected chi connectivity index (χ3v) is 6.81. The Morgan fingerprint density at radius 3 is 2.69 bits per heavy atom. The second-order valence-electron chi connectivity index (χ2n) is 9.67. The van der Waals surface area contributed by atoms with E-state index >= 15 is 0 Å². The van der Waals surface area contributed by atoms with E-state index in [0.29, 0.717) is 24.6 Å². The minimum atomic E-state index is -0.408. The summed E-state index contributed by atoms with van der Waals surface area (Å²) < 4.78 is 25.6. The van der Waals surface area contributed by atoms with Crippen LogP contribution in [-0.2, 0) is 17.8 Å². The van der Waals surface area contributed by atoms with E-state index in [9.17, 15) is 14.0 Å². The highest BCUT2D eigenvalue weighted by atomic mass is 19.1. The maximum atomic E-state index is 14.2. The van der Waals surface area contributed by atoms with Crippen molar-refractivity contribution in [3.63, 3.8) is 0 Å². The normalized spacial score (nSPS) is 17.4. The average Bonchev–Trinajstić information content (AvgIpc) is 3.58. The molecule has 0 spiro atoms. The molecule has 36 heavy (non-hydrogen) atoms. The summed E-state index contributed by atoms with van der Waals surface area (Å²) in [6.07, 6.45) is 4.10. The lowest BCUT2D eigenvalue weighted by Crippen LogP contribution is -2.42. The average molecular weight is 492 g/mol. The number of oxazole rings is 1. The van der Waals surface area contributed by atoms with E-state index in [2.05, 4.69) is 4.98 Å². The number of benzene rings is 2. The highest BCUT2D eigenvalue weighted by Gasteiger charge is 2.33. The molecule has 1 aromatic heterocycles. The number of nitrogens with zero attached hydrogens (tertiary/aromatic N) is 3. The summed E-state index contributed by atoms with van der Waals surface area (Å²) in [6, 6.07) is 11.8. The van der Waals surface area contributed by atoms with Gasteiger partial charge in [0, 0.05) is 25.6 Å². The minimum Gasteiger partial charge on any atom is -0.484 e. The Hall–Kier alpha value is -3.68. The molecular weight excluding hydrogens is 461 g/mol. The largest absolute Gasteiger partial charge is 0.484 e. The number of likely N-dealkylation sites (tertiary alicyclic amines) is 1. The maximum absolute atomic E-state index is 14.2. The van der Waals surface area contributed by atoms with Gasteiger partial charge in [-0.25, -0.2) is 9.37 Å². The zero-order valence-electron chi connectivity index (χ0n) is 20.6. The lowest BCUT2D eigenvalue weighted by atomic mass is 9.87. The van der Waals surface area contributed by atoms with Crippen LogP contribution < -0.4 is 4.74 Å². The standard InChI is InChI=1S/C28H30FN3O4/c1-18(2)27(33)32-13-10-19-8-9-22(15-23(19)26(32)20-6-5-7-21(29)14-20)35-17-25-30-24(16-36-25)28(34)31-11-3-4-12-31/h5-9,14-16,18,26H,3-4,10-13,17H2,1-2H3. The van der Waals surface area contributed by atoms with Crippen LogP contribution in [0.3, 0.4) is 0 Å². The van der Waals surface area contributed by atoms with Gasteiger partial charge < -0.3 is 19.0 Å². The molecular formula is C28H30FN3O4. The molecule has 2 amide bonds. The molecule has 8 heteroatoms. The van der Waals surface area contributed by atoms with Crippen molar-refractivity contribution in [2.75, 3.05) is 19.6 Å².